The normalized spacial score (nSPS) is 16.7. The predicted octanol–water partition coefficient (Wildman–Crippen LogP) is 1.43. The Morgan fingerprint density at radius 3 is 2.77 bits per heavy atom. The number of amides is 2. The van der Waals surface area contributed by atoms with Crippen molar-refractivity contribution in [3.05, 3.63) is 35.7 Å². The van der Waals surface area contributed by atoms with Crippen LogP contribution in [0.1, 0.15) is 36.6 Å². The Morgan fingerprint density at radius 2 is 2.07 bits per heavy atom. The lowest BCUT2D eigenvalue weighted by molar-refractivity contribution is -0.137. The molecule has 0 unspecified atom stereocenters. The summed E-state index contributed by atoms with van der Waals surface area (Å²) >= 11 is 0. The van der Waals surface area contributed by atoms with E-state index in [4.69, 9.17) is 9.47 Å². The van der Waals surface area contributed by atoms with Crippen LogP contribution in [-0.2, 0) is 22.6 Å². The Hall–Kier alpha value is -3.10. The van der Waals surface area contributed by atoms with Crippen LogP contribution in [0.3, 0.4) is 0 Å². The summed E-state index contributed by atoms with van der Waals surface area (Å²) in [4.78, 5) is 28.0. The Bertz CT molecular complexity index is 922. The maximum Gasteiger partial charge on any atom is 0.223 e. The van der Waals surface area contributed by atoms with Crippen LogP contribution in [0.25, 0.3) is 0 Å². The van der Waals surface area contributed by atoms with Gasteiger partial charge in [0.2, 0.25) is 11.8 Å². The second-order valence-corrected chi connectivity index (χ2v) is 7.74. The van der Waals surface area contributed by atoms with Gasteiger partial charge in [0, 0.05) is 38.5 Å². The standard InChI is InChI=1S/C21H27N5O4/c1-29-18-7-5-15(19(10-18)30-2)6-8-21(28)25-13-17(14-25)26-12-16(22-23-26)11-24-9-3-4-20(24)27/h5,7,10,12,17H,3-4,6,8-9,11,13-14H2,1-2H3. The van der Waals surface area contributed by atoms with Gasteiger partial charge in [-0.25, -0.2) is 4.68 Å². The van der Waals surface area contributed by atoms with Gasteiger partial charge in [0.05, 0.1) is 33.0 Å². The Kier molecular flexibility index (Phi) is 5.87. The molecule has 3 heterocycles. The number of ether oxygens (including phenoxy) is 2. The molecule has 4 rings (SSSR count). The molecule has 2 aliphatic rings. The van der Waals surface area contributed by atoms with Gasteiger partial charge in [-0.15, -0.1) is 5.10 Å². The third kappa shape index (κ3) is 4.24. The van der Waals surface area contributed by atoms with E-state index in [9.17, 15) is 9.59 Å². The van der Waals surface area contributed by atoms with Crippen molar-refractivity contribution < 1.29 is 19.1 Å². The Morgan fingerprint density at radius 1 is 1.23 bits per heavy atom. The first-order valence-electron chi connectivity index (χ1n) is 10.2. The molecule has 0 atom stereocenters. The smallest absolute Gasteiger partial charge is 0.223 e. The lowest BCUT2D eigenvalue weighted by Crippen LogP contribution is -2.51. The zero-order valence-electron chi connectivity index (χ0n) is 17.4. The van der Waals surface area contributed by atoms with Crippen molar-refractivity contribution in [2.45, 2.75) is 38.3 Å². The van der Waals surface area contributed by atoms with Crippen LogP contribution in [-0.4, -0.2) is 70.5 Å². The van der Waals surface area contributed by atoms with Crippen LogP contribution in [0.5, 0.6) is 11.5 Å². The van der Waals surface area contributed by atoms with Crippen molar-refractivity contribution in [1.82, 2.24) is 24.8 Å². The number of nitrogens with zero attached hydrogens (tertiary/aromatic N) is 5. The molecule has 0 N–H and O–H groups in total. The first-order chi connectivity index (χ1) is 14.6. The van der Waals surface area contributed by atoms with Gasteiger partial charge < -0.3 is 19.3 Å². The molecule has 2 saturated heterocycles. The number of aryl methyl sites for hydroxylation is 1. The topological polar surface area (TPSA) is 89.8 Å². The minimum Gasteiger partial charge on any atom is -0.497 e. The Balaban J connectivity index is 1.25. The number of aromatic nitrogens is 3. The molecule has 2 fully saturated rings. The lowest BCUT2D eigenvalue weighted by atomic mass is 10.0. The number of benzene rings is 1. The summed E-state index contributed by atoms with van der Waals surface area (Å²) in [7, 11) is 3.23. The second kappa shape index (κ2) is 8.73. The maximum absolute atomic E-state index is 12.5. The molecule has 2 amide bonds. The molecule has 9 heteroatoms. The fourth-order valence-corrected chi connectivity index (χ4v) is 3.92. The molecule has 30 heavy (non-hydrogen) atoms. The first-order valence-corrected chi connectivity index (χ1v) is 10.2. The minimum absolute atomic E-state index is 0.118. The van der Waals surface area contributed by atoms with Gasteiger partial charge >= 0.3 is 0 Å². The number of carbonyl (C=O) groups excluding carboxylic acids is 2. The number of rotatable bonds is 8. The highest BCUT2D eigenvalue weighted by Crippen LogP contribution is 2.27. The van der Waals surface area contributed by atoms with Crippen LogP contribution in [0.4, 0.5) is 0 Å². The van der Waals surface area contributed by atoms with Crippen molar-refractivity contribution in [2.24, 2.45) is 0 Å². The fourth-order valence-electron chi connectivity index (χ4n) is 3.92. The second-order valence-electron chi connectivity index (χ2n) is 7.74. The average Bonchev–Trinajstić information content (AvgIpc) is 3.34. The van der Waals surface area contributed by atoms with Crippen molar-refractivity contribution in [1.29, 1.82) is 0 Å². The molecule has 0 aliphatic carbocycles. The maximum atomic E-state index is 12.5. The van der Waals surface area contributed by atoms with E-state index in [-0.39, 0.29) is 17.9 Å². The summed E-state index contributed by atoms with van der Waals surface area (Å²) in [6.07, 6.45) is 4.46. The lowest BCUT2D eigenvalue weighted by Gasteiger charge is -2.39. The number of hydrogen-bond acceptors (Lipinski definition) is 6. The highest BCUT2D eigenvalue weighted by Gasteiger charge is 2.32. The molecule has 0 bridgehead atoms. The molecule has 0 spiro atoms. The van der Waals surface area contributed by atoms with E-state index in [1.165, 1.54) is 0 Å². The number of methoxy groups -OCH3 is 2. The van der Waals surface area contributed by atoms with Gasteiger partial charge in [-0.3, -0.25) is 9.59 Å². The van der Waals surface area contributed by atoms with Gasteiger partial charge in [-0.05, 0) is 24.5 Å². The van der Waals surface area contributed by atoms with Crippen molar-refractivity contribution in [3.8, 4) is 11.5 Å². The molecular weight excluding hydrogens is 386 g/mol. The summed E-state index contributed by atoms with van der Waals surface area (Å²) in [5, 5.41) is 8.38. The van der Waals surface area contributed by atoms with Crippen LogP contribution >= 0.6 is 0 Å². The van der Waals surface area contributed by atoms with Crippen LogP contribution in [0.2, 0.25) is 0 Å². The molecule has 1 aromatic heterocycles. The molecule has 0 saturated carbocycles. The molecular formula is C21H27N5O4. The monoisotopic (exact) mass is 413 g/mol. The van der Waals surface area contributed by atoms with Crippen LogP contribution in [0.15, 0.2) is 24.4 Å². The van der Waals surface area contributed by atoms with Crippen LogP contribution in [0, 0.1) is 0 Å². The summed E-state index contributed by atoms with van der Waals surface area (Å²) in [5.41, 5.74) is 1.78. The van der Waals surface area contributed by atoms with Gasteiger partial charge in [-0.2, -0.15) is 0 Å². The minimum atomic E-state index is 0.118. The SMILES string of the molecule is COc1ccc(CCC(=O)N2CC(n3cc(CN4CCCC4=O)nn3)C2)c(OC)c1. The Labute approximate surface area is 175 Å². The summed E-state index contributed by atoms with van der Waals surface area (Å²) in [5.74, 6) is 1.76. The third-order valence-corrected chi connectivity index (χ3v) is 5.77. The van der Waals surface area contributed by atoms with Crippen molar-refractivity contribution in [2.75, 3.05) is 33.9 Å². The number of likely N-dealkylation sites (tertiary alicyclic amines) is 2. The van der Waals surface area contributed by atoms with Gasteiger partial charge in [0.25, 0.3) is 0 Å². The average molecular weight is 413 g/mol. The first kappa shape index (κ1) is 20.2. The van der Waals surface area contributed by atoms with E-state index < -0.39 is 0 Å². The van der Waals surface area contributed by atoms with Gasteiger partial charge in [0.1, 0.15) is 17.2 Å². The molecule has 0 radical (unpaired) electrons. The van der Waals surface area contributed by atoms with Crippen LogP contribution < -0.4 is 9.47 Å². The van der Waals surface area contributed by atoms with E-state index in [0.29, 0.717) is 38.9 Å². The zero-order valence-corrected chi connectivity index (χ0v) is 17.4. The van der Waals surface area contributed by atoms with Crippen molar-refractivity contribution in [3.63, 3.8) is 0 Å². The molecule has 1 aromatic carbocycles. The largest absolute Gasteiger partial charge is 0.497 e. The van der Waals surface area contributed by atoms with Gasteiger partial charge in [0.15, 0.2) is 0 Å². The zero-order chi connectivity index (χ0) is 21.1. The van der Waals surface area contributed by atoms with E-state index in [2.05, 4.69) is 10.3 Å². The quantitative estimate of drug-likeness (QED) is 0.651. The molecule has 2 aliphatic heterocycles. The summed E-state index contributed by atoms with van der Waals surface area (Å²) in [6, 6.07) is 5.78. The van der Waals surface area contributed by atoms with E-state index in [1.54, 1.807) is 14.2 Å². The van der Waals surface area contributed by atoms with Gasteiger partial charge in [-0.1, -0.05) is 11.3 Å². The fraction of sp³-hybridized carbons (Fsp3) is 0.524. The highest BCUT2D eigenvalue weighted by atomic mass is 16.5. The number of carbonyl (C=O) groups is 2. The highest BCUT2D eigenvalue weighted by molar-refractivity contribution is 5.78. The molecule has 2 aromatic rings. The van der Waals surface area contributed by atoms with Crippen molar-refractivity contribution >= 4 is 11.8 Å². The van der Waals surface area contributed by atoms with E-state index >= 15 is 0 Å². The molecule has 160 valence electrons. The number of hydrogen-bond donors (Lipinski definition) is 0. The predicted molar refractivity (Wildman–Crippen MR) is 108 cm³/mol. The third-order valence-electron chi connectivity index (χ3n) is 5.77. The van der Waals surface area contributed by atoms with E-state index in [1.807, 2.05) is 38.9 Å². The summed E-state index contributed by atoms with van der Waals surface area (Å²) in [6.45, 7) is 2.56. The molecule has 9 nitrogen and oxygen atoms in total. The summed E-state index contributed by atoms with van der Waals surface area (Å²) < 4.78 is 12.4. The van der Waals surface area contributed by atoms with E-state index in [0.717, 1.165) is 35.7 Å².